The van der Waals surface area contributed by atoms with Crippen LogP contribution in [0.25, 0.3) is 0 Å². The molecule has 4 aliphatic carbocycles. The van der Waals surface area contributed by atoms with Crippen molar-refractivity contribution in [2.45, 2.75) is 56.6 Å². The van der Waals surface area contributed by atoms with Gasteiger partial charge in [-0.25, -0.2) is 8.42 Å². The fourth-order valence-electron chi connectivity index (χ4n) is 8.14. The van der Waals surface area contributed by atoms with Gasteiger partial charge in [0.15, 0.2) is 0 Å². The molecule has 35 heavy (non-hydrogen) atoms. The molecule has 5 nitrogen and oxygen atoms in total. The van der Waals surface area contributed by atoms with Crippen molar-refractivity contribution >= 4 is 15.9 Å². The molecule has 4 saturated carbocycles. The number of carbonyl (C=O) groups excluding carboxylic acids is 1. The zero-order chi connectivity index (χ0) is 24.3. The molecule has 1 heterocycles. The van der Waals surface area contributed by atoms with Gasteiger partial charge in [0, 0.05) is 26.2 Å². The normalized spacial score (nSPS) is 32.7. The van der Waals surface area contributed by atoms with Gasteiger partial charge in [0.25, 0.3) is 0 Å². The van der Waals surface area contributed by atoms with Gasteiger partial charge in [-0.2, -0.15) is 4.31 Å². The molecule has 1 saturated heterocycles. The van der Waals surface area contributed by atoms with Gasteiger partial charge >= 0.3 is 0 Å². The topological polar surface area (TPSA) is 57.7 Å². The smallest absolute Gasteiger partial charge is 0.228 e. The van der Waals surface area contributed by atoms with Crippen LogP contribution < -0.4 is 0 Å². The van der Waals surface area contributed by atoms with Gasteiger partial charge < -0.3 is 4.90 Å². The molecular weight excluding hydrogens is 456 g/mol. The first-order chi connectivity index (χ1) is 16.8. The Kier molecular flexibility index (Phi) is 5.61. The van der Waals surface area contributed by atoms with Gasteiger partial charge in [0.1, 0.15) is 0 Å². The molecule has 0 aromatic heterocycles. The lowest BCUT2D eigenvalue weighted by atomic mass is 9.42. The Balaban J connectivity index is 1.17. The first-order valence-electron chi connectivity index (χ1n) is 13.2. The van der Waals surface area contributed by atoms with Gasteiger partial charge in [-0.05, 0) is 73.8 Å². The molecule has 0 radical (unpaired) electrons. The average Bonchev–Trinajstić information content (AvgIpc) is 2.83. The van der Waals surface area contributed by atoms with E-state index in [1.807, 2.05) is 35.2 Å². The van der Waals surface area contributed by atoms with Crippen molar-refractivity contribution < 1.29 is 13.2 Å². The summed E-state index contributed by atoms with van der Waals surface area (Å²) in [7, 11) is -3.38. The predicted octanol–water partition coefficient (Wildman–Crippen LogP) is 4.51. The summed E-state index contributed by atoms with van der Waals surface area (Å²) >= 11 is 0. The van der Waals surface area contributed by atoms with E-state index in [0.717, 1.165) is 24.8 Å². The fraction of sp³-hybridized carbons (Fsp3) is 0.552. The zero-order valence-electron chi connectivity index (χ0n) is 20.7. The van der Waals surface area contributed by atoms with E-state index in [0.29, 0.717) is 43.9 Å². The number of hydrogen-bond acceptors (Lipinski definition) is 3. The number of amides is 1. The molecule has 2 atom stereocenters. The molecule has 7 rings (SSSR count). The van der Waals surface area contributed by atoms with Gasteiger partial charge in [-0.3, -0.25) is 4.79 Å². The molecule has 186 valence electrons. The lowest BCUT2D eigenvalue weighted by Gasteiger charge is -2.62. The van der Waals surface area contributed by atoms with Crippen molar-refractivity contribution in [3.05, 3.63) is 71.3 Å². The van der Waals surface area contributed by atoms with Crippen molar-refractivity contribution in [1.29, 1.82) is 0 Å². The average molecular weight is 493 g/mol. The minimum absolute atomic E-state index is 0.0220. The maximum absolute atomic E-state index is 14.1. The van der Waals surface area contributed by atoms with Crippen LogP contribution in [0, 0.1) is 24.2 Å². The van der Waals surface area contributed by atoms with Crippen LogP contribution in [0.4, 0.5) is 0 Å². The third kappa shape index (κ3) is 4.13. The third-order valence-electron chi connectivity index (χ3n) is 9.29. The highest BCUT2D eigenvalue weighted by Gasteiger charge is 2.61. The quantitative estimate of drug-likeness (QED) is 0.617. The van der Waals surface area contributed by atoms with E-state index in [1.165, 1.54) is 30.4 Å². The van der Waals surface area contributed by atoms with Gasteiger partial charge in [-0.15, -0.1) is 0 Å². The van der Waals surface area contributed by atoms with Crippen LogP contribution in [-0.4, -0.2) is 49.7 Å². The summed E-state index contributed by atoms with van der Waals surface area (Å²) in [4.78, 5) is 16.1. The van der Waals surface area contributed by atoms with E-state index in [-0.39, 0.29) is 16.6 Å². The highest BCUT2D eigenvalue weighted by atomic mass is 32.2. The fourth-order valence-corrected chi connectivity index (χ4v) is 9.65. The Hall–Kier alpha value is -2.18. The second-order valence-electron chi connectivity index (χ2n) is 11.8. The van der Waals surface area contributed by atoms with Crippen LogP contribution in [-0.2, 0) is 26.0 Å². The van der Waals surface area contributed by atoms with E-state index >= 15 is 0 Å². The van der Waals surface area contributed by atoms with Crippen molar-refractivity contribution in [2.24, 2.45) is 17.3 Å². The Morgan fingerprint density at radius 2 is 1.51 bits per heavy atom. The molecule has 5 fully saturated rings. The van der Waals surface area contributed by atoms with Crippen molar-refractivity contribution in [3.8, 4) is 0 Å². The van der Waals surface area contributed by atoms with Gasteiger partial charge in [0.05, 0.1) is 11.2 Å². The Bertz CT molecular complexity index is 1190. The Labute approximate surface area is 209 Å². The van der Waals surface area contributed by atoms with Gasteiger partial charge in [0.2, 0.25) is 15.9 Å². The van der Waals surface area contributed by atoms with Crippen LogP contribution in [0.15, 0.2) is 54.6 Å². The number of nitrogens with zero attached hydrogens (tertiary/aromatic N) is 2. The lowest BCUT2D eigenvalue weighted by molar-refractivity contribution is -0.161. The summed E-state index contributed by atoms with van der Waals surface area (Å²) in [6, 6.07) is 18.4. The van der Waals surface area contributed by atoms with Crippen LogP contribution in [0.1, 0.15) is 55.2 Å². The van der Waals surface area contributed by atoms with Crippen molar-refractivity contribution in [2.75, 3.05) is 26.2 Å². The summed E-state index contributed by atoms with van der Waals surface area (Å²) in [5, 5.41) is 0. The lowest BCUT2D eigenvalue weighted by Crippen LogP contribution is -2.61. The van der Waals surface area contributed by atoms with Crippen LogP contribution in [0.2, 0.25) is 0 Å². The number of benzene rings is 2. The molecule has 2 aromatic rings. The summed E-state index contributed by atoms with van der Waals surface area (Å²) in [5.41, 5.74) is 3.38. The second-order valence-corrected chi connectivity index (χ2v) is 13.8. The minimum Gasteiger partial charge on any atom is -0.340 e. The summed E-state index contributed by atoms with van der Waals surface area (Å²) in [6.45, 7) is 3.93. The highest BCUT2D eigenvalue weighted by Crippen LogP contribution is 2.66. The molecule has 0 N–H and O–H groups in total. The maximum atomic E-state index is 14.1. The summed E-state index contributed by atoms with van der Waals surface area (Å²) < 4.78 is 27.6. The predicted molar refractivity (Wildman–Crippen MR) is 137 cm³/mol. The van der Waals surface area contributed by atoms with Crippen LogP contribution in [0.3, 0.4) is 0 Å². The Morgan fingerprint density at radius 3 is 2.14 bits per heavy atom. The second kappa shape index (κ2) is 8.45. The molecule has 6 heteroatoms. The summed E-state index contributed by atoms with van der Waals surface area (Å²) in [6.07, 6.45) is 6.70. The minimum atomic E-state index is -3.38. The molecule has 1 amide bonds. The molecule has 0 spiro atoms. The summed E-state index contributed by atoms with van der Waals surface area (Å²) in [5.74, 6) is 1.58. The molecule has 0 unspecified atom stereocenters. The number of carbonyl (C=O) groups is 1. The molecular formula is C29H36N2O3S. The van der Waals surface area contributed by atoms with E-state index in [1.54, 1.807) is 4.31 Å². The van der Waals surface area contributed by atoms with E-state index in [9.17, 15) is 13.2 Å². The number of hydrogen-bond donors (Lipinski definition) is 0. The molecule has 1 aliphatic heterocycles. The maximum Gasteiger partial charge on any atom is 0.228 e. The van der Waals surface area contributed by atoms with Gasteiger partial charge in [-0.1, -0.05) is 60.2 Å². The number of rotatable bonds is 5. The standard InChI is InChI=1S/C29H36N2O3S/c1-22-7-9-26(10-8-22)28-16-24-15-25(17-28)19-29(18-24,21-28)27(32)30-11-13-31(14-12-30)35(33,34)20-23-5-3-2-4-6-23/h2-10,24-25H,11-21H2,1H3/t24-,25-,28?,29?/m1/s1. The monoisotopic (exact) mass is 492 g/mol. The van der Waals surface area contributed by atoms with E-state index in [2.05, 4.69) is 31.2 Å². The SMILES string of the molecule is Cc1ccc(C23C[C@H]4C[C@@H](CC(C(=O)N5CCN(S(=O)(=O)Cc6ccccc6)CC5)(C4)C2)C3)cc1. The Morgan fingerprint density at radius 1 is 0.886 bits per heavy atom. The third-order valence-corrected chi connectivity index (χ3v) is 11.1. The van der Waals surface area contributed by atoms with E-state index < -0.39 is 10.0 Å². The molecule has 4 bridgehead atoms. The number of aryl methyl sites for hydroxylation is 1. The largest absolute Gasteiger partial charge is 0.340 e. The molecule has 2 aromatic carbocycles. The first kappa shape index (κ1) is 23.2. The number of piperazine rings is 1. The molecule has 5 aliphatic rings. The van der Waals surface area contributed by atoms with E-state index in [4.69, 9.17) is 0 Å². The zero-order valence-corrected chi connectivity index (χ0v) is 21.5. The van der Waals surface area contributed by atoms with Crippen molar-refractivity contribution in [3.63, 3.8) is 0 Å². The first-order valence-corrected chi connectivity index (χ1v) is 14.8. The van der Waals surface area contributed by atoms with Crippen LogP contribution >= 0.6 is 0 Å². The highest BCUT2D eigenvalue weighted by molar-refractivity contribution is 7.88. The van der Waals surface area contributed by atoms with Crippen LogP contribution in [0.5, 0.6) is 0 Å². The number of sulfonamides is 1. The van der Waals surface area contributed by atoms with Crippen molar-refractivity contribution in [1.82, 2.24) is 9.21 Å².